The first-order valence-electron chi connectivity index (χ1n) is 7.27. The molecule has 2 N–H and O–H groups in total. The van der Waals surface area contributed by atoms with E-state index in [-0.39, 0.29) is 12.5 Å². The van der Waals surface area contributed by atoms with Gasteiger partial charge in [0.2, 0.25) is 0 Å². The second kappa shape index (κ2) is 6.20. The minimum Gasteiger partial charge on any atom is -0.481 e. The summed E-state index contributed by atoms with van der Waals surface area (Å²) in [4.78, 5) is 23.8. The topological polar surface area (TPSA) is 92.2 Å². The Bertz CT molecular complexity index is 551. The number of carboxylic acids is 1. The van der Waals surface area contributed by atoms with Crippen molar-refractivity contribution < 1.29 is 14.7 Å². The predicted molar refractivity (Wildman–Crippen MR) is 77.0 cm³/mol. The molecule has 21 heavy (non-hydrogen) atoms. The number of carbonyl (C=O) groups is 2. The highest BCUT2D eigenvalue weighted by Gasteiger charge is 2.39. The Labute approximate surface area is 124 Å². The number of carboxylic acid groups (broad SMARTS) is 1. The molecular formula is C15H21N3O3. The van der Waals surface area contributed by atoms with Crippen molar-refractivity contribution in [3.63, 3.8) is 0 Å². The second-order valence-corrected chi connectivity index (χ2v) is 5.81. The van der Waals surface area contributed by atoms with Crippen LogP contribution < -0.4 is 5.32 Å². The molecule has 0 unspecified atom stereocenters. The van der Waals surface area contributed by atoms with Crippen molar-refractivity contribution in [2.45, 2.75) is 46.0 Å². The fourth-order valence-electron chi connectivity index (χ4n) is 2.82. The van der Waals surface area contributed by atoms with Gasteiger partial charge in [-0.2, -0.15) is 10.2 Å². The largest absolute Gasteiger partial charge is 0.481 e. The van der Waals surface area contributed by atoms with Crippen molar-refractivity contribution >= 4 is 11.9 Å². The maximum atomic E-state index is 12.3. The molecule has 0 bridgehead atoms. The van der Waals surface area contributed by atoms with Crippen molar-refractivity contribution in [3.8, 4) is 0 Å². The van der Waals surface area contributed by atoms with Gasteiger partial charge in [-0.1, -0.05) is 19.3 Å². The zero-order valence-electron chi connectivity index (χ0n) is 12.5. The highest BCUT2D eigenvalue weighted by molar-refractivity contribution is 5.95. The van der Waals surface area contributed by atoms with E-state index in [1.165, 1.54) is 0 Å². The Morgan fingerprint density at radius 2 is 1.90 bits per heavy atom. The summed E-state index contributed by atoms with van der Waals surface area (Å²) >= 11 is 0. The van der Waals surface area contributed by atoms with Gasteiger partial charge in [-0.15, -0.1) is 0 Å². The van der Waals surface area contributed by atoms with Crippen LogP contribution in [-0.2, 0) is 4.79 Å². The van der Waals surface area contributed by atoms with Gasteiger partial charge in [-0.05, 0) is 32.8 Å². The highest BCUT2D eigenvalue weighted by atomic mass is 16.4. The average Bonchev–Trinajstić information content (AvgIpc) is 2.48. The molecule has 1 aromatic heterocycles. The van der Waals surface area contributed by atoms with Crippen molar-refractivity contribution in [3.05, 3.63) is 23.0 Å². The van der Waals surface area contributed by atoms with Crippen molar-refractivity contribution in [1.29, 1.82) is 0 Å². The number of aryl methyl sites for hydroxylation is 2. The SMILES string of the molecule is Cc1cc(C(=O)NCC2(C(=O)O)CCCCC2)c(C)nn1. The van der Waals surface area contributed by atoms with Crippen LogP contribution in [0.15, 0.2) is 6.07 Å². The molecule has 0 saturated heterocycles. The predicted octanol–water partition coefficient (Wildman–Crippen LogP) is 1.86. The zero-order valence-corrected chi connectivity index (χ0v) is 12.5. The maximum absolute atomic E-state index is 12.3. The number of aromatic nitrogens is 2. The molecule has 0 spiro atoms. The Morgan fingerprint density at radius 1 is 1.24 bits per heavy atom. The average molecular weight is 291 g/mol. The van der Waals surface area contributed by atoms with E-state index in [4.69, 9.17) is 0 Å². The number of hydrogen-bond donors (Lipinski definition) is 2. The van der Waals surface area contributed by atoms with Gasteiger partial charge in [0.1, 0.15) is 0 Å². The normalized spacial score (nSPS) is 17.2. The molecule has 2 rings (SSSR count). The van der Waals surface area contributed by atoms with E-state index in [2.05, 4.69) is 15.5 Å². The molecule has 1 aliphatic rings. The molecule has 0 radical (unpaired) electrons. The molecule has 1 aliphatic carbocycles. The number of hydrogen-bond acceptors (Lipinski definition) is 4. The summed E-state index contributed by atoms with van der Waals surface area (Å²) in [5.41, 5.74) is 0.846. The number of nitrogens with zero attached hydrogens (tertiary/aromatic N) is 2. The second-order valence-electron chi connectivity index (χ2n) is 5.81. The highest BCUT2D eigenvalue weighted by Crippen LogP contribution is 2.36. The van der Waals surface area contributed by atoms with E-state index in [9.17, 15) is 14.7 Å². The van der Waals surface area contributed by atoms with E-state index in [0.717, 1.165) is 19.3 Å². The monoisotopic (exact) mass is 291 g/mol. The first kappa shape index (κ1) is 15.4. The lowest BCUT2D eigenvalue weighted by molar-refractivity contribution is -0.150. The van der Waals surface area contributed by atoms with Crippen molar-refractivity contribution in [1.82, 2.24) is 15.5 Å². The molecule has 1 heterocycles. The number of amides is 1. The lowest BCUT2D eigenvalue weighted by Crippen LogP contribution is -2.44. The first-order valence-corrected chi connectivity index (χ1v) is 7.27. The van der Waals surface area contributed by atoms with E-state index in [0.29, 0.717) is 29.8 Å². The molecule has 1 fully saturated rings. The molecule has 0 aliphatic heterocycles. The van der Waals surface area contributed by atoms with Gasteiger partial charge in [0, 0.05) is 6.54 Å². The number of aliphatic carboxylic acids is 1. The number of nitrogens with one attached hydrogen (secondary N) is 1. The van der Waals surface area contributed by atoms with Gasteiger partial charge in [-0.25, -0.2) is 0 Å². The van der Waals surface area contributed by atoms with Gasteiger partial charge in [0.15, 0.2) is 0 Å². The third-order valence-electron chi connectivity index (χ3n) is 4.20. The minimum atomic E-state index is -0.822. The van der Waals surface area contributed by atoms with Crippen LogP contribution >= 0.6 is 0 Å². The quantitative estimate of drug-likeness (QED) is 0.883. The molecule has 1 saturated carbocycles. The fraction of sp³-hybridized carbons (Fsp3) is 0.600. The zero-order chi connectivity index (χ0) is 15.5. The summed E-state index contributed by atoms with van der Waals surface area (Å²) < 4.78 is 0. The summed E-state index contributed by atoms with van der Waals surface area (Å²) in [5.74, 6) is -1.10. The van der Waals surface area contributed by atoms with Gasteiger partial charge >= 0.3 is 5.97 Å². The molecule has 114 valence electrons. The van der Waals surface area contributed by atoms with E-state index < -0.39 is 11.4 Å². The summed E-state index contributed by atoms with van der Waals surface area (Å²) in [5, 5.41) is 20.1. The lowest BCUT2D eigenvalue weighted by Gasteiger charge is -2.33. The molecule has 1 aromatic rings. The van der Waals surface area contributed by atoms with Crippen LogP contribution in [0.5, 0.6) is 0 Å². The molecular weight excluding hydrogens is 270 g/mol. The van der Waals surface area contributed by atoms with Crippen LogP contribution in [-0.4, -0.2) is 33.7 Å². The van der Waals surface area contributed by atoms with Crippen LogP contribution in [0.25, 0.3) is 0 Å². The van der Waals surface area contributed by atoms with E-state index in [1.807, 2.05) is 0 Å². The Morgan fingerprint density at radius 3 is 2.52 bits per heavy atom. The summed E-state index contributed by atoms with van der Waals surface area (Å²) in [6.07, 6.45) is 4.11. The standard InChI is InChI=1S/C15H21N3O3/c1-10-8-12(11(2)18-17-10)13(19)16-9-15(14(20)21)6-4-3-5-7-15/h8H,3-7,9H2,1-2H3,(H,16,19)(H,20,21). The Hall–Kier alpha value is -1.98. The fourth-order valence-corrected chi connectivity index (χ4v) is 2.82. The van der Waals surface area contributed by atoms with Crippen LogP contribution in [0.1, 0.15) is 53.8 Å². The van der Waals surface area contributed by atoms with Crippen LogP contribution in [0, 0.1) is 19.3 Å². The summed E-state index contributed by atoms with van der Waals surface area (Å²) in [6.45, 7) is 3.65. The molecule has 6 heteroatoms. The third kappa shape index (κ3) is 3.37. The minimum absolute atomic E-state index is 0.169. The Balaban J connectivity index is 2.08. The van der Waals surface area contributed by atoms with Crippen LogP contribution in [0.2, 0.25) is 0 Å². The molecule has 6 nitrogen and oxygen atoms in total. The number of rotatable bonds is 4. The van der Waals surface area contributed by atoms with Crippen LogP contribution in [0.4, 0.5) is 0 Å². The number of carbonyl (C=O) groups excluding carboxylic acids is 1. The van der Waals surface area contributed by atoms with Crippen molar-refractivity contribution in [2.24, 2.45) is 5.41 Å². The lowest BCUT2D eigenvalue weighted by atomic mass is 9.74. The van der Waals surface area contributed by atoms with E-state index in [1.54, 1.807) is 19.9 Å². The van der Waals surface area contributed by atoms with E-state index >= 15 is 0 Å². The first-order chi connectivity index (χ1) is 9.94. The third-order valence-corrected chi connectivity index (χ3v) is 4.20. The Kier molecular flexibility index (Phi) is 4.55. The van der Waals surface area contributed by atoms with Gasteiger partial charge < -0.3 is 10.4 Å². The van der Waals surface area contributed by atoms with Gasteiger partial charge in [0.05, 0.1) is 22.4 Å². The molecule has 0 atom stereocenters. The smallest absolute Gasteiger partial charge is 0.311 e. The summed E-state index contributed by atoms with van der Waals surface area (Å²) in [7, 11) is 0. The molecule has 1 amide bonds. The molecule has 0 aromatic carbocycles. The van der Waals surface area contributed by atoms with Crippen molar-refractivity contribution in [2.75, 3.05) is 6.54 Å². The summed E-state index contributed by atoms with van der Waals surface area (Å²) in [6, 6.07) is 1.67. The van der Waals surface area contributed by atoms with Gasteiger partial charge in [0.25, 0.3) is 5.91 Å². The maximum Gasteiger partial charge on any atom is 0.311 e. The van der Waals surface area contributed by atoms with Gasteiger partial charge in [-0.3, -0.25) is 9.59 Å². The van der Waals surface area contributed by atoms with Crippen LogP contribution in [0.3, 0.4) is 0 Å².